The second-order valence-electron chi connectivity index (χ2n) is 4.72. The van der Waals surface area contributed by atoms with E-state index in [0.717, 1.165) is 6.08 Å². The Bertz CT molecular complexity index is 379. The van der Waals surface area contributed by atoms with Crippen molar-refractivity contribution in [2.45, 2.75) is 24.5 Å². The summed E-state index contributed by atoms with van der Waals surface area (Å²) in [7, 11) is 0. The Balaban J connectivity index is 2.30. The number of aliphatic hydroxyl groups excluding tert-OH is 2. The highest BCUT2D eigenvalue weighted by Gasteiger charge is 2.71. The molecule has 96 valence electrons. The molecule has 0 aromatic carbocycles. The minimum Gasteiger partial charge on any atom is -0.480 e. The molecule has 0 saturated heterocycles. The molecule has 2 fully saturated rings. The SMILES string of the molecule is NC1(C(=O)O)C/C(=C/C(O)O)C2C(C(O)O)C21. The van der Waals surface area contributed by atoms with E-state index >= 15 is 0 Å². The van der Waals surface area contributed by atoms with Gasteiger partial charge in [-0.25, -0.2) is 0 Å². The highest BCUT2D eigenvalue weighted by atomic mass is 16.5. The fourth-order valence-corrected chi connectivity index (χ4v) is 3.00. The molecule has 2 aliphatic rings. The maximum Gasteiger partial charge on any atom is 0.324 e. The first-order valence-corrected chi connectivity index (χ1v) is 5.24. The molecule has 0 aromatic rings. The largest absolute Gasteiger partial charge is 0.480 e. The van der Waals surface area contributed by atoms with Crippen molar-refractivity contribution >= 4 is 5.97 Å². The van der Waals surface area contributed by atoms with E-state index in [-0.39, 0.29) is 6.42 Å². The van der Waals surface area contributed by atoms with Gasteiger partial charge in [-0.3, -0.25) is 4.79 Å². The molecule has 0 amide bonds. The van der Waals surface area contributed by atoms with Crippen molar-refractivity contribution in [1.29, 1.82) is 0 Å². The molecule has 0 aromatic heterocycles. The van der Waals surface area contributed by atoms with Crippen molar-refractivity contribution in [3.63, 3.8) is 0 Å². The molecule has 4 atom stereocenters. The molecule has 2 rings (SSSR count). The first-order valence-electron chi connectivity index (χ1n) is 5.24. The molecule has 0 aliphatic heterocycles. The average molecular weight is 245 g/mol. The number of carbonyl (C=O) groups is 1. The summed E-state index contributed by atoms with van der Waals surface area (Å²) in [6.07, 6.45) is -2.23. The van der Waals surface area contributed by atoms with Crippen molar-refractivity contribution in [2.24, 2.45) is 23.5 Å². The number of aliphatic carboxylic acids is 1. The van der Waals surface area contributed by atoms with Gasteiger partial charge in [-0.1, -0.05) is 5.57 Å². The molecule has 2 saturated carbocycles. The van der Waals surface area contributed by atoms with Gasteiger partial charge >= 0.3 is 5.97 Å². The number of fused-ring (bicyclic) bond motifs is 1. The van der Waals surface area contributed by atoms with Gasteiger partial charge < -0.3 is 31.3 Å². The van der Waals surface area contributed by atoms with E-state index in [9.17, 15) is 4.79 Å². The van der Waals surface area contributed by atoms with Crippen molar-refractivity contribution in [3.05, 3.63) is 11.6 Å². The van der Waals surface area contributed by atoms with E-state index in [2.05, 4.69) is 0 Å². The Morgan fingerprint density at radius 1 is 1.41 bits per heavy atom. The number of carboxylic acids is 1. The van der Waals surface area contributed by atoms with E-state index in [1.807, 2.05) is 0 Å². The Labute approximate surface area is 96.8 Å². The van der Waals surface area contributed by atoms with Crippen LogP contribution >= 0.6 is 0 Å². The van der Waals surface area contributed by atoms with Crippen LogP contribution in [0.5, 0.6) is 0 Å². The van der Waals surface area contributed by atoms with Crippen LogP contribution in [0.3, 0.4) is 0 Å². The lowest BCUT2D eigenvalue weighted by Gasteiger charge is -2.23. The minimum atomic E-state index is -1.70. The van der Waals surface area contributed by atoms with Crippen molar-refractivity contribution in [2.75, 3.05) is 0 Å². The summed E-state index contributed by atoms with van der Waals surface area (Å²) in [6.45, 7) is 0. The summed E-state index contributed by atoms with van der Waals surface area (Å²) in [5.41, 5.74) is 4.67. The van der Waals surface area contributed by atoms with E-state index in [4.69, 9.17) is 31.3 Å². The number of hydrogen-bond donors (Lipinski definition) is 6. The van der Waals surface area contributed by atoms with Gasteiger partial charge in [-0.05, 0) is 18.4 Å². The topological polar surface area (TPSA) is 144 Å². The lowest BCUT2D eigenvalue weighted by atomic mass is 9.90. The molecule has 0 heterocycles. The summed E-state index contributed by atoms with van der Waals surface area (Å²) in [5.74, 6) is -2.82. The van der Waals surface area contributed by atoms with E-state index < -0.39 is 41.8 Å². The summed E-state index contributed by atoms with van der Waals surface area (Å²) in [5, 5.41) is 45.0. The van der Waals surface area contributed by atoms with Crippen LogP contribution in [0.1, 0.15) is 6.42 Å². The molecule has 0 bridgehead atoms. The molecular formula is C10H15NO6. The molecule has 7 N–H and O–H groups in total. The summed E-state index contributed by atoms with van der Waals surface area (Å²) < 4.78 is 0. The van der Waals surface area contributed by atoms with E-state index in [1.165, 1.54) is 0 Å². The van der Waals surface area contributed by atoms with Crippen LogP contribution in [0.4, 0.5) is 0 Å². The Morgan fingerprint density at radius 2 is 2.00 bits per heavy atom. The lowest BCUT2D eigenvalue weighted by molar-refractivity contribution is -0.144. The second kappa shape index (κ2) is 3.76. The normalized spacial score (nSPS) is 42.3. The van der Waals surface area contributed by atoms with Gasteiger partial charge in [0.05, 0.1) is 0 Å². The summed E-state index contributed by atoms with van der Waals surface area (Å²) in [4.78, 5) is 11.1. The highest BCUT2D eigenvalue weighted by molar-refractivity contribution is 5.82. The van der Waals surface area contributed by atoms with Gasteiger partial charge in [-0.2, -0.15) is 0 Å². The van der Waals surface area contributed by atoms with Crippen LogP contribution in [0.25, 0.3) is 0 Å². The fourth-order valence-electron chi connectivity index (χ4n) is 3.00. The smallest absolute Gasteiger partial charge is 0.324 e. The molecule has 7 nitrogen and oxygen atoms in total. The molecule has 4 unspecified atom stereocenters. The van der Waals surface area contributed by atoms with Crippen molar-refractivity contribution in [3.8, 4) is 0 Å². The molecular weight excluding hydrogens is 230 g/mol. The number of carboxylic acid groups (broad SMARTS) is 1. The van der Waals surface area contributed by atoms with Gasteiger partial charge in [0.2, 0.25) is 0 Å². The van der Waals surface area contributed by atoms with Crippen LogP contribution in [0.15, 0.2) is 11.6 Å². The Kier molecular flexibility index (Phi) is 2.75. The van der Waals surface area contributed by atoms with Crippen LogP contribution in [-0.2, 0) is 4.79 Å². The number of nitrogens with two attached hydrogens (primary N) is 1. The van der Waals surface area contributed by atoms with Crippen molar-refractivity contribution in [1.82, 2.24) is 0 Å². The van der Waals surface area contributed by atoms with Crippen LogP contribution < -0.4 is 5.73 Å². The molecule has 0 spiro atoms. The molecule has 0 radical (unpaired) electrons. The van der Waals surface area contributed by atoms with Gasteiger partial charge in [0.15, 0.2) is 12.6 Å². The zero-order valence-corrected chi connectivity index (χ0v) is 8.89. The third kappa shape index (κ3) is 1.76. The molecule has 17 heavy (non-hydrogen) atoms. The van der Waals surface area contributed by atoms with Crippen molar-refractivity contribution < 1.29 is 30.3 Å². The number of aliphatic hydroxyl groups is 4. The monoisotopic (exact) mass is 245 g/mol. The van der Waals surface area contributed by atoms with Gasteiger partial charge in [0, 0.05) is 11.8 Å². The zero-order chi connectivity index (χ0) is 13.0. The van der Waals surface area contributed by atoms with Crippen LogP contribution in [-0.4, -0.2) is 49.6 Å². The van der Waals surface area contributed by atoms with Crippen LogP contribution in [0.2, 0.25) is 0 Å². The Morgan fingerprint density at radius 3 is 2.41 bits per heavy atom. The van der Waals surface area contributed by atoms with Gasteiger partial charge in [0.25, 0.3) is 0 Å². The minimum absolute atomic E-state index is 0.00148. The maximum absolute atomic E-state index is 11.1. The highest BCUT2D eigenvalue weighted by Crippen LogP contribution is 2.64. The first-order chi connectivity index (χ1) is 7.79. The molecule has 7 heteroatoms. The molecule has 2 aliphatic carbocycles. The quantitative estimate of drug-likeness (QED) is 0.240. The van der Waals surface area contributed by atoms with Gasteiger partial charge in [0.1, 0.15) is 5.54 Å². The summed E-state index contributed by atoms with van der Waals surface area (Å²) in [6, 6.07) is 0. The second-order valence-corrected chi connectivity index (χ2v) is 4.72. The van der Waals surface area contributed by atoms with E-state index in [0.29, 0.717) is 5.57 Å². The predicted octanol–water partition coefficient (Wildman–Crippen LogP) is -2.42. The lowest BCUT2D eigenvalue weighted by Crippen LogP contribution is -2.49. The predicted molar refractivity (Wildman–Crippen MR) is 54.2 cm³/mol. The van der Waals surface area contributed by atoms with Gasteiger partial charge in [-0.15, -0.1) is 0 Å². The zero-order valence-electron chi connectivity index (χ0n) is 8.89. The fraction of sp³-hybridized carbons (Fsp3) is 0.700. The number of hydrogen-bond acceptors (Lipinski definition) is 6. The summed E-state index contributed by atoms with van der Waals surface area (Å²) >= 11 is 0. The first kappa shape index (κ1) is 12.5. The Hall–Kier alpha value is -0.990. The third-order valence-corrected chi connectivity index (χ3v) is 3.70. The third-order valence-electron chi connectivity index (χ3n) is 3.70. The number of rotatable bonds is 3. The average Bonchev–Trinajstić information content (AvgIpc) is 2.84. The maximum atomic E-state index is 11.1. The standard InChI is InChI=1S/C10H15NO6/c11-10(9(16)17)2-3(1-4(12)13)5-6(7(5)10)8(14)15/h1,4-8,12-15H,2,11H2,(H,16,17)/b3-1-. The van der Waals surface area contributed by atoms with Crippen LogP contribution in [0, 0.1) is 17.8 Å². The van der Waals surface area contributed by atoms with E-state index in [1.54, 1.807) is 0 Å².